The number of hydrogen-bond donors (Lipinski definition) is 1. The first-order valence-electron chi connectivity index (χ1n) is 5.19. The highest BCUT2D eigenvalue weighted by Gasteiger charge is 2.08. The molecule has 0 radical (unpaired) electrons. The third kappa shape index (κ3) is 4.45. The molecule has 1 aromatic rings. The highest BCUT2D eigenvalue weighted by atomic mass is 32.2. The maximum Gasteiger partial charge on any atom is 0.0329 e. The second-order valence-electron chi connectivity index (χ2n) is 3.83. The molecule has 1 aromatic heterocycles. The smallest absolute Gasteiger partial charge is 0.0329 e. The molecule has 0 saturated carbocycles. The lowest BCUT2D eigenvalue weighted by atomic mass is 10.2. The first-order chi connectivity index (χ1) is 7.11. The molecule has 0 saturated heterocycles. The molecule has 15 heavy (non-hydrogen) atoms. The van der Waals surface area contributed by atoms with Crippen molar-refractivity contribution < 1.29 is 4.21 Å². The van der Waals surface area contributed by atoms with E-state index in [0.29, 0.717) is 6.04 Å². The Morgan fingerprint density at radius 3 is 2.80 bits per heavy atom. The minimum Gasteiger partial charge on any atom is -0.310 e. The quantitative estimate of drug-likeness (QED) is 0.834. The van der Waals surface area contributed by atoms with Gasteiger partial charge >= 0.3 is 0 Å². The van der Waals surface area contributed by atoms with Crippen LogP contribution in [0.2, 0.25) is 0 Å². The summed E-state index contributed by atoms with van der Waals surface area (Å²) >= 11 is 1.72. The van der Waals surface area contributed by atoms with Crippen molar-refractivity contribution in [1.82, 2.24) is 5.32 Å². The molecule has 0 spiro atoms. The minimum atomic E-state index is -0.700. The summed E-state index contributed by atoms with van der Waals surface area (Å²) in [6, 6.07) is 2.54. The van der Waals surface area contributed by atoms with Crippen LogP contribution >= 0.6 is 11.3 Å². The van der Waals surface area contributed by atoms with Gasteiger partial charge in [-0.05, 0) is 42.3 Å². The van der Waals surface area contributed by atoms with Gasteiger partial charge < -0.3 is 5.32 Å². The topological polar surface area (TPSA) is 29.1 Å². The van der Waals surface area contributed by atoms with E-state index in [9.17, 15) is 4.21 Å². The van der Waals surface area contributed by atoms with Crippen LogP contribution in [0.15, 0.2) is 16.8 Å². The SMILES string of the molecule is CC(NCCC(C)S(C)=O)c1ccsc1. The van der Waals surface area contributed by atoms with Crippen molar-refractivity contribution in [2.45, 2.75) is 31.6 Å². The van der Waals surface area contributed by atoms with Gasteiger partial charge in [0.15, 0.2) is 0 Å². The van der Waals surface area contributed by atoms with Crippen LogP contribution in [0.3, 0.4) is 0 Å². The average Bonchev–Trinajstić information content (AvgIpc) is 2.70. The van der Waals surface area contributed by atoms with Crippen molar-refractivity contribution in [2.75, 3.05) is 12.8 Å². The predicted octanol–water partition coefficient (Wildman–Crippen LogP) is 2.56. The molecule has 1 rings (SSSR count). The lowest BCUT2D eigenvalue weighted by Gasteiger charge is -2.14. The fourth-order valence-electron chi connectivity index (χ4n) is 1.31. The monoisotopic (exact) mass is 245 g/mol. The molecule has 86 valence electrons. The summed E-state index contributed by atoms with van der Waals surface area (Å²) in [5.41, 5.74) is 1.34. The van der Waals surface area contributed by atoms with Crippen molar-refractivity contribution in [3.05, 3.63) is 22.4 Å². The summed E-state index contributed by atoms with van der Waals surface area (Å²) in [4.78, 5) is 0. The van der Waals surface area contributed by atoms with Crippen molar-refractivity contribution in [3.8, 4) is 0 Å². The van der Waals surface area contributed by atoms with Gasteiger partial charge in [-0.2, -0.15) is 11.3 Å². The van der Waals surface area contributed by atoms with E-state index in [1.165, 1.54) is 5.56 Å². The Balaban J connectivity index is 2.23. The van der Waals surface area contributed by atoms with E-state index in [4.69, 9.17) is 0 Å². The molecule has 0 fully saturated rings. The summed E-state index contributed by atoms with van der Waals surface area (Å²) in [6.07, 6.45) is 2.74. The molecule has 2 nitrogen and oxygen atoms in total. The van der Waals surface area contributed by atoms with Crippen LogP contribution in [0.1, 0.15) is 31.9 Å². The van der Waals surface area contributed by atoms with Crippen molar-refractivity contribution in [2.24, 2.45) is 0 Å². The second kappa shape index (κ2) is 6.40. The average molecular weight is 245 g/mol. The Morgan fingerprint density at radius 2 is 2.27 bits per heavy atom. The van der Waals surface area contributed by atoms with Gasteiger partial charge in [-0.1, -0.05) is 6.92 Å². The molecule has 0 aliphatic carbocycles. The maximum absolute atomic E-state index is 11.1. The Morgan fingerprint density at radius 1 is 1.53 bits per heavy atom. The Kier molecular flexibility index (Phi) is 5.50. The van der Waals surface area contributed by atoms with Gasteiger partial charge in [0, 0.05) is 28.3 Å². The first kappa shape index (κ1) is 12.9. The fourth-order valence-corrected chi connectivity index (χ4v) is 2.51. The summed E-state index contributed by atoms with van der Waals surface area (Å²) in [5.74, 6) is 0. The zero-order valence-corrected chi connectivity index (χ0v) is 11.2. The first-order valence-corrected chi connectivity index (χ1v) is 7.75. The number of thiophene rings is 1. The van der Waals surface area contributed by atoms with Crippen LogP contribution in [0, 0.1) is 0 Å². The summed E-state index contributed by atoms with van der Waals surface area (Å²) in [6.45, 7) is 5.13. The molecule has 3 atom stereocenters. The lowest BCUT2D eigenvalue weighted by Crippen LogP contribution is -2.23. The maximum atomic E-state index is 11.1. The van der Waals surface area contributed by atoms with Crippen LogP contribution in [0.4, 0.5) is 0 Å². The number of nitrogens with one attached hydrogen (secondary N) is 1. The van der Waals surface area contributed by atoms with Gasteiger partial charge in [-0.15, -0.1) is 0 Å². The highest BCUT2D eigenvalue weighted by molar-refractivity contribution is 7.84. The normalized spacial score (nSPS) is 17.3. The molecule has 1 heterocycles. The molecular formula is C11H19NOS2. The fraction of sp³-hybridized carbons (Fsp3) is 0.636. The predicted molar refractivity (Wildman–Crippen MR) is 68.9 cm³/mol. The van der Waals surface area contributed by atoms with Crippen LogP contribution in [-0.2, 0) is 10.8 Å². The Labute approximate surface area is 98.6 Å². The molecule has 4 heteroatoms. The zero-order valence-electron chi connectivity index (χ0n) is 9.53. The molecule has 0 aromatic carbocycles. The van der Waals surface area contributed by atoms with Gasteiger partial charge in [0.1, 0.15) is 0 Å². The van der Waals surface area contributed by atoms with Gasteiger partial charge in [0.05, 0.1) is 0 Å². The number of hydrogen-bond acceptors (Lipinski definition) is 3. The van der Waals surface area contributed by atoms with Gasteiger partial charge in [-0.3, -0.25) is 4.21 Å². The standard InChI is InChI=1S/C11H19NOS2/c1-9(15(3)13)4-6-12-10(2)11-5-7-14-8-11/h5,7-10,12H,4,6H2,1-3H3. The van der Waals surface area contributed by atoms with E-state index in [1.807, 2.05) is 6.92 Å². The van der Waals surface area contributed by atoms with E-state index < -0.39 is 10.8 Å². The Bertz CT molecular complexity index is 298. The number of rotatable bonds is 6. The van der Waals surface area contributed by atoms with Crippen LogP contribution in [0.5, 0.6) is 0 Å². The molecule has 3 unspecified atom stereocenters. The van der Waals surface area contributed by atoms with Crippen LogP contribution in [0.25, 0.3) is 0 Å². The highest BCUT2D eigenvalue weighted by Crippen LogP contribution is 2.15. The molecular weight excluding hydrogens is 226 g/mol. The molecule has 0 aliphatic heterocycles. The minimum absolute atomic E-state index is 0.284. The third-order valence-corrected chi connectivity index (χ3v) is 4.68. The summed E-state index contributed by atoms with van der Waals surface area (Å²) in [7, 11) is -0.700. The second-order valence-corrected chi connectivity index (χ2v) is 6.41. The Hall–Kier alpha value is -0.190. The van der Waals surface area contributed by atoms with Crippen molar-refractivity contribution in [3.63, 3.8) is 0 Å². The van der Waals surface area contributed by atoms with E-state index in [2.05, 4.69) is 29.1 Å². The van der Waals surface area contributed by atoms with Crippen molar-refractivity contribution in [1.29, 1.82) is 0 Å². The molecule has 0 bridgehead atoms. The van der Waals surface area contributed by atoms with Crippen LogP contribution < -0.4 is 5.32 Å². The van der Waals surface area contributed by atoms with Crippen LogP contribution in [-0.4, -0.2) is 22.3 Å². The zero-order chi connectivity index (χ0) is 11.3. The third-order valence-electron chi connectivity index (χ3n) is 2.61. The largest absolute Gasteiger partial charge is 0.310 e. The van der Waals surface area contributed by atoms with E-state index in [0.717, 1.165) is 13.0 Å². The van der Waals surface area contributed by atoms with Gasteiger partial charge in [0.2, 0.25) is 0 Å². The molecule has 0 aliphatic rings. The van der Waals surface area contributed by atoms with E-state index in [1.54, 1.807) is 17.6 Å². The van der Waals surface area contributed by atoms with Crippen molar-refractivity contribution >= 4 is 22.1 Å². The summed E-state index contributed by atoms with van der Waals surface area (Å²) in [5, 5.41) is 7.99. The molecule has 1 N–H and O–H groups in total. The van der Waals surface area contributed by atoms with E-state index >= 15 is 0 Å². The van der Waals surface area contributed by atoms with Gasteiger partial charge in [0.25, 0.3) is 0 Å². The lowest BCUT2D eigenvalue weighted by molar-refractivity contribution is 0.555. The van der Waals surface area contributed by atoms with E-state index in [-0.39, 0.29) is 5.25 Å². The summed E-state index contributed by atoms with van der Waals surface area (Å²) < 4.78 is 11.1. The van der Waals surface area contributed by atoms with Gasteiger partial charge in [-0.25, -0.2) is 0 Å². The molecule has 0 amide bonds.